The Morgan fingerprint density at radius 2 is 1.89 bits per heavy atom. The third-order valence-electron chi connectivity index (χ3n) is 2.19. The minimum atomic E-state index is -1.21. The zero-order valence-corrected chi connectivity index (χ0v) is 12.3. The minimum Gasteiger partial charge on any atom is -0.371 e. The first-order valence-electron chi connectivity index (χ1n) is 5.97. The molecule has 0 aliphatic rings. The van der Waals surface area contributed by atoms with Gasteiger partial charge < -0.3 is 4.74 Å². The van der Waals surface area contributed by atoms with E-state index in [0.717, 1.165) is 11.3 Å². The molecule has 0 bridgehead atoms. The van der Waals surface area contributed by atoms with Gasteiger partial charge in [0, 0.05) is 0 Å². The van der Waals surface area contributed by atoms with Gasteiger partial charge in [0.1, 0.15) is 11.0 Å². The molecule has 0 aliphatic carbocycles. The van der Waals surface area contributed by atoms with Crippen molar-refractivity contribution in [2.24, 2.45) is 4.40 Å². The lowest BCUT2D eigenvalue weighted by Crippen LogP contribution is -2.21. The average molecular weight is 267 g/mol. The second kappa shape index (κ2) is 6.81. The Hall–Kier alpha value is -1.00. The monoisotopic (exact) mass is 267 g/mol. The summed E-state index contributed by atoms with van der Waals surface area (Å²) in [6, 6.07) is 9.96. The van der Waals surface area contributed by atoms with E-state index in [1.165, 1.54) is 0 Å². The van der Waals surface area contributed by atoms with Gasteiger partial charge >= 0.3 is 0 Å². The maximum atomic E-state index is 11.8. The van der Waals surface area contributed by atoms with Crippen molar-refractivity contribution in [3.05, 3.63) is 35.9 Å². The van der Waals surface area contributed by atoms with Crippen LogP contribution >= 0.6 is 0 Å². The highest BCUT2D eigenvalue weighted by Crippen LogP contribution is 2.12. The first-order valence-corrected chi connectivity index (χ1v) is 7.08. The molecule has 1 rings (SSSR count). The third kappa shape index (κ3) is 5.56. The van der Waals surface area contributed by atoms with Crippen molar-refractivity contribution in [1.29, 1.82) is 0 Å². The molecule has 18 heavy (non-hydrogen) atoms. The van der Waals surface area contributed by atoms with Gasteiger partial charge in [-0.25, -0.2) is 4.21 Å². The fourth-order valence-electron chi connectivity index (χ4n) is 1.20. The number of ether oxygens (including phenoxy) is 1. The van der Waals surface area contributed by atoms with E-state index in [-0.39, 0.29) is 4.75 Å². The SMILES string of the molecule is C/C(COCc1ccccc1)=N\[S@](=O)C(C)(C)C. The molecular weight excluding hydrogens is 246 g/mol. The van der Waals surface area contributed by atoms with Crippen molar-refractivity contribution in [1.82, 2.24) is 0 Å². The Morgan fingerprint density at radius 3 is 2.44 bits per heavy atom. The van der Waals surface area contributed by atoms with Crippen molar-refractivity contribution in [2.75, 3.05) is 6.61 Å². The maximum Gasteiger partial charge on any atom is 0.144 e. The second-order valence-corrected chi connectivity index (χ2v) is 7.07. The molecule has 0 aliphatic heterocycles. The molecule has 0 saturated carbocycles. The number of rotatable bonds is 5. The van der Waals surface area contributed by atoms with E-state index in [2.05, 4.69) is 4.40 Å². The lowest BCUT2D eigenvalue weighted by Gasteiger charge is -2.14. The van der Waals surface area contributed by atoms with E-state index < -0.39 is 11.0 Å². The molecule has 0 N–H and O–H groups in total. The average Bonchev–Trinajstić information content (AvgIpc) is 2.29. The molecule has 0 heterocycles. The van der Waals surface area contributed by atoms with Gasteiger partial charge in [-0.15, -0.1) is 0 Å². The van der Waals surface area contributed by atoms with Gasteiger partial charge in [-0.3, -0.25) is 0 Å². The van der Waals surface area contributed by atoms with Gasteiger partial charge in [0.15, 0.2) is 0 Å². The Labute approximate surface area is 112 Å². The lowest BCUT2D eigenvalue weighted by atomic mass is 10.2. The number of hydrogen-bond donors (Lipinski definition) is 0. The molecule has 0 aromatic heterocycles. The molecule has 0 radical (unpaired) electrons. The fourth-order valence-corrected chi connectivity index (χ4v) is 1.81. The van der Waals surface area contributed by atoms with Crippen LogP contribution in [0.1, 0.15) is 33.3 Å². The van der Waals surface area contributed by atoms with E-state index in [0.29, 0.717) is 13.2 Å². The summed E-state index contributed by atoms with van der Waals surface area (Å²) in [4.78, 5) is 0. The Morgan fingerprint density at radius 1 is 1.28 bits per heavy atom. The van der Waals surface area contributed by atoms with Crippen LogP contribution in [0.25, 0.3) is 0 Å². The largest absolute Gasteiger partial charge is 0.371 e. The van der Waals surface area contributed by atoms with E-state index in [1.54, 1.807) is 0 Å². The van der Waals surface area contributed by atoms with Gasteiger partial charge in [0.05, 0.1) is 23.7 Å². The smallest absolute Gasteiger partial charge is 0.144 e. The summed E-state index contributed by atoms with van der Waals surface area (Å²) in [5.74, 6) is 0. The van der Waals surface area contributed by atoms with E-state index >= 15 is 0 Å². The quantitative estimate of drug-likeness (QED) is 0.769. The topological polar surface area (TPSA) is 38.7 Å². The number of hydrogen-bond acceptors (Lipinski definition) is 2. The van der Waals surface area contributed by atoms with E-state index in [1.807, 2.05) is 58.0 Å². The Kier molecular flexibility index (Phi) is 5.69. The summed E-state index contributed by atoms with van der Waals surface area (Å²) in [6.45, 7) is 8.53. The first-order chi connectivity index (χ1) is 8.39. The van der Waals surface area contributed by atoms with Crippen LogP contribution < -0.4 is 0 Å². The van der Waals surface area contributed by atoms with Gasteiger partial charge in [0.25, 0.3) is 0 Å². The third-order valence-corrected chi connectivity index (χ3v) is 3.71. The molecule has 1 aromatic carbocycles. The van der Waals surface area contributed by atoms with Crippen molar-refractivity contribution in [3.63, 3.8) is 0 Å². The van der Waals surface area contributed by atoms with Crippen molar-refractivity contribution < 1.29 is 8.95 Å². The van der Waals surface area contributed by atoms with Crippen LogP contribution in [0.4, 0.5) is 0 Å². The van der Waals surface area contributed by atoms with Gasteiger partial charge in [-0.05, 0) is 33.3 Å². The first kappa shape index (κ1) is 15.1. The Balaban J connectivity index is 2.40. The Bertz CT molecular complexity index is 421. The van der Waals surface area contributed by atoms with Gasteiger partial charge in [-0.2, -0.15) is 4.40 Å². The molecule has 3 nitrogen and oxygen atoms in total. The van der Waals surface area contributed by atoms with Crippen LogP contribution in [-0.2, 0) is 22.3 Å². The summed E-state index contributed by atoms with van der Waals surface area (Å²) < 4.78 is 21.1. The van der Waals surface area contributed by atoms with Crippen LogP contribution in [0.15, 0.2) is 34.7 Å². The number of benzene rings is 1. The van der Waals surface area contributed by atoms with Crippen LogP contribution in [0.5, 0.6) is 0 Å². The molecule has 0 amide bonds. The highest BCUT2D eigenvalue weighted by molar-refractivity contribution is 7.85. The summed E-state index contributed by atoms with van der Waals surface area (Å²) in [5, 5.41) is 0. The molecule has 0 saturated heterocycles. The normalized spacial score (nSPS) is 14.6. The van der Waals surface area contributed by atoms with Crippen molar-refractivity contribution in [2.45, 2.75) is 39.0 Å². The molecule has 0 spiro atoms. The zero-order chi connectivity index (χ0) is 13.6. The predicted molar refractivity (Wildman–Crippen MR) is 77.1 cm³/mol. The van der Waals surface area contributed by atoms with Crippen molar-refractivity contribution >= 4 is 16.7 Å². The van der Waals surface area contributed by atoms with E-state index in [9.17, 15) is 4.21 Å². The van der Waals surface area contributed by atoms with Crippen LogP contribution in [-0.4, -0.2) is 21.3 Å². The molecule has 4 heteroatoms. The van der Waals surface area contributed by atoms with Crippen LogP contribution in [0.2, 0.25) is 0 Å². The highest BCUT2D eigenvalue weighted by atomic mass is 32.2. The van der Waals surface area contributed by atoms with Gasteiger partial charge in [0.2, 0.25) is 0 Å². The van der Waals surface area contributed by atoms with Crippen LogP contribution in [0.3, 0.4) is 0 Å². The van der Waals surface area contributed by atoms with Crippen LogP contribution in [0, 0.1) is 0 Å². The molecule has 0 fully saturated rings. The highest BCUT2D eigenvalue weighted by Gasteiger charge is 2.18. The summed E-state index contributed by atoms with van der Waals surface area (Å²) in [5.41, 5.74) is 1.89. The van der Waals surface area contributed by atoms with Crippen molar-refractivity contribution in [3.8, 4) is 0 Å². The van der Waals surface area contributed by atoms with E-state index in [4.69, 9.17) is 4.74 Å². The predicted octanol–water partition coefficient (Wildman–Crippen LogP) is 3.13. The standard InChI is InChI=1S/C14H21NO2S/c1-12(15-18(16)14(2,3)4)10-17-11-13-8-6-5-7-9-13/h5-9H,10-11H2,1-4H3/b15-12+/t18-/m1/s1. The molecular formula is C14H21NO2S. The summed E-state index contributed by atoms with van der Waals surface area (Å²) in [6.07, 6.45) is 0. The zero-order valence-electron chi connectivity index (χ0n) is 11.5. The second-order valence-electron chi connectivity index (χ2n) is 5.17. The molecule has 1 atom stereocenters. The summed E-state index contributed by atoms with van der Waals surface area (Å²) in [7, 11) is -1.21. The van der Waals surface area contributed by atoms with Gasteiger partial charge in [-0.1, -0.05) is 30.3 Å². The summed E-state index contributed by atoms with van der Waals surface area (Å²) >= 11 is 0. The lowest BCUT2D eigenvalue weighted by molar-refractivity contribution is 0.158. The minimum absolute atomic E-state index is 0.319. The molecule has 1 aromatic rings. The fraction of sp³-hybridized carbons (Fsp3) is 0.500. The maximum absolute atomic E-state index is 11.8. The molecule has 0 unspecified atom stereocenters. The molecule has 100 valence electrons. The number of nitrogens with zero attached hydrogens (tertiary/aromatic N) is 1.